The number of oxazole rings is 1. The van der Waals surface area contributed by atoms with Gasteiger partial charge in [0, 0.05) is 31.3 Å². The van der Waals surface area contributed by atoms with Crippen LogP contribution < -0.4 is 5.51 Å². The zero-order valence-electron chi connectivity index (χ0n) is 18.3. The molecule has 1 aliphatic heterocycles. The smallest absolute Gasteiger partial charge is 0.187 e. The molecule has 5 nitrogen and oxygen atoms in total. The summed E-state index contributed by atoms with van der Waals surface area (Å²) in [6.07, 6.45) is 6.94. The van der Waals surface area contributed by atoms with Gasteiger partial charge in [0.25, 0.3) is 0 Å². The zero-order chi connectivity index (χ0) is 20.5. The first-order chi connectivity index (χ1) is 13.3. The van der Waals surface area contributed by atoms with E-state index in [1.807, 2.05) is 18.6 Å². The summed E-state index contributed by atoms with van der Waals surface area (Å²) in [5.41, 5.74) is 5.27. The number of nitrogens with zero attached hydrogens (tertiary/aromatic N) is 4. The van der Waals surface area contributed by atoms with Crippen molar-refractivity contribution in [3.63, 3.8) is 0 Å². The quantitative estimate of drug-likeness (QED) is 0.371. The number of thioether (sulfide) groups is 1. The molecule has 0 radical (unpaired) electrons. The van der Waals surface area contributed by atoms with Crippen molar-refractivity contribution in [3.8, 4) is 0 Å². The van der Waals surface area contributed by atoms with Crippen molar-refractivity contribution in [1.82, 2.24) is 19.9 Å². The second kappa shape index (κ2) is 8.67. The molecule has 3 rings (SSSR count). The van der Waals surface area contributed by atoms with Gasteiger partial charge in [-0.3, -0.25) is 4.90 Å². The highest BCUT2D eigenvalue weighted by Gasteiger charge is 2.48. The Morgan fingerprint density at radius 2 is 1.75 bits per heavy atom. The molecule has 0 spiro atoms. The van der Waals surface area contributed by atoms with E-state index in [9.17, 15) is 0 Å². The van der Waals surface area contributed by atoms with E-state index < -0.39 is 8.07 Å². The van der Waals surface area contributed by atoms with Gasteiger partial charge in [0.2, 0.25) is 0 Å². The van der Waals surface area contributed by atoms with E-state index in [0.29, 0.717) is 16.6 Å². The third kappa shape index (κ3) is 3.93. The first-order valence-electron chi connectivity index (χ1n) is 10.3. The van der Waals surface area contributed by atoms with Gasteiger partial charge < -0.3 is 4.42 Å². The normalized spacial score (nSPS) is 15.6. The average Bonchev–Trinajstić information content (AvgIpc) is 3.09. The number of aromatic nitrogens is 3. The third-order valence-electron chi connectivity index (χ3n) is 6.34. The van der Waals surface area contributed by atoms with E-state index in [4.69, 9.17) is 9.40 Å². The van der Waals surface area contributed by atoms with Crippen molar-refractivity contribution in [2.75, 3.05) is 12.8 Å². The van der Waals surface area contributed by atoms with Crippen LogP contribution in [0.2, 0.25) is 16.6 Å². The van der Waals surface area contributed by atoms with Gasteiger partial charge in [-0.05, 0) is 22.9 Å². The molecule has 0 unspecified atom stereocenters. The minimum Gasteiger partial charge on any atom is -0.449 e. The van der Waals surface area contributed by atoms with E-state index >= 15 is 0 Å². The zero-order valence-corrected chi connectivity index (χ0v) is 20.1. The van der Waals surface area contributed by atoms with Crippen LogP contribution in [0.1, 0.15) is 58.6 Å². The highest BCUT2D eigenvalue weighted by atomic mass is 32.2. The molecule has 3 heterocycles. The summed E-state index contributed by atoms with van der Waals surface area (Å²) in [5.74, 6) is 0.985. The van der Waals surface area contributed by atoms with E-state index in [-0.39, 0.29) is 0 Å². The summed E-state index contributed by atoms with van der Waals surface area (Å²) >= 11 is 1.60. The average molecular weight is 419 g/mol. The van der Waals surface area contributed by atoms with Crippen LogP contribution in [0.4, 0.5) is 0 Å². The van der Waals surface area contributed by atoms with Gasteiger partial charge in [-0.1, -0.05) is 53.3 Å². The Hall–Kier alpha value is -1.18. The summed E-state index contributed by atoms with van der Waals surface area (Å²) in [5, 5.41) is 0.865. The molecular formula is C21H34N4OSSi. The molecule has 2 aromatic rings. The monoisotopic (exact) mass is 418 g/mol. The lowest BCUT2D eigenvalue weighted by molar-refractivity contribution is 0.224. The second-order valence-corrected chi connectivity index (χ2v) is 15.3. The summed E-state index contributed by atoms with van der Waals surface area (Å²) in [7, 11) is -1.84. The van der Waals surface area contributed by atoms with E-state index in [0.717, 1.165) is 42.5 Å². The Morgan fingerprint density at radius 1 is 1.07 bits per heavy atom. The molecule has 0 aliphatic carbocycles. The minimum atomic E-state index is -1.84. The van der Waals surface area contributed by atoms with Gasteiger partial charge in [0.05, 0.1) is 18.4 Å². The van der Waals surface area contributed by atoms with Crippen LogP contribution >= 0.6 is 11.8 Å². The lowest BCUT2D eigenvalue weighted by Gasteiger charge is -2.39. The molecule has 7 heteroatoms. The maximum atomic E-state index is 6.43. The van der Waals surface area contributed by atoms with E-state index in [1.165, 1.54) is 11.3 Å². The molecule has 0 amide bonds. The molecule has 0 atom stereocenters. The first kappa shape index (κ1) is 21.5. The Bertz CT molecular complexity index is 784. The fourth-order valence-corrected chi connectivity index (χ4v) is 11.6. The first-order valence-corrected chi connectivity index (χ1v) is 13.8. The second-order valence-electron chi connectivity index (χ2n) is 8.82. The Morgan fingerprint density at radius 3 is 2.36 bits per heavy atom. The van der Waals surface area contributed by atoms with Crippen molar-refractivity contribution in [2.24, 2.45) is 0 Å². The van der Waals surface area contributed by atoms with Gasteiger partial charge in [-0.15, -0.1) is 0 Å². The highest BCUT2D eigenvalue weighted by Crippen LogP contribution is 2.40. The van der Waals surface area contributed by atoms with Crippen molar-refractivity contribution < 1.29 is 4.42 Å². The van der Waals surface area contributed by atoms with E-state index in [1.54, 1.807) is 11.8 Å². The van der Waals surface area contributed by atoms with Crippen molar-refractivity contribution in [3.05, 3.63) is 29.4 Å². The number of rotatable bonds is 7. The van der Waals surface area contributed by atoms with Gasteiger partial charge in [0.15, 0.2) is 18.7 Å². The predicted octanol–water partition coefficient (Wildman–Crippen LogP) is 4.63. The van der Waals surface area contributed by atoms with Gasteiger partial charge in [-0.25, -0.2) is 15.0 Å². The standard InChI is InChI=1S/C21H34N4OSSi/c1-14(2)28(15(3)4,16(5)6)21-23-11-18(26-21)13-25-9-8-19-17(12-25)10-22-20(24-19)27-7/h10-11,14-16H,8-9,12-13H2,1-7H3. The molecule has 0 N–H and O–H groups in total. The highest BCUT2D eigenvalue weighted by molar-refractivity contribution is 7.98. The summed E-state index contributed by atoms with van der Waals surface area (Å²) < 4.78 is 6.43. The van der Waals surface area contributed by atoms with Crippen LogP contribution in [0.15, 0.2) is 22.0 Å². The maximum absolute atomic E-state index is 6.43. The molecule has 0 aromatic carbocycles. The molecule has 28 heavy (non-hydrogen) atoms. The van der Waals surface area contributed by atoms with Crippen LogP contribution in [-0.2, 0) is 19.5 Å². The molecule has 0 saturated carbocycles. The maximum Gasteiger partial charge on any atom is 0.187 e. The fourth-order valence-electron chi connectivity index (χ4n) is 5.13. The molecule has 154 valence electrons. The number of hydrogen-bond donors (Lipinski definition) is 0. The summed E-state index contributed by atoms with van der Waals surface area (Å²) in [6, 6.07) is 0. The van der Waals surface area contributed by atoms with Gasteiger partial charge in [0.1, 0.15) is 5.76 Å². The van der Waals surface area contributed by atoms with Crippen molar-refractivity contribution >= 4 is 25.3 Å². The lowest BCUT2D eigenvalue weighted by atomic mass is 10.1. The van der Waals surface area contributed by atoms with Crippen LogP contribution in [0.25, 0.3) is 0 Å². The van der Waals surface area contributed by atoms with Crippen LogP contribution in [0.3, 0.4) is 0 Å². The fraction of sp³-hybridized carbons (Fsp3) is 0.667. The number of fused-ring (bicyclic) bond motifs is 1. The van der Waals surface area contributed by atoms with Crippen LogP contribution in [0.5, 0.6) is 0 Å². The molecular weight excluding hydrogens is 384 g/mol. The molecule has 0 bridgehead atoms. The topological polar surface area (TPSA) is 55.1 Å². The Balaban J connectivity index is 1.77. The van der Waals surface area contributed by atoms with Crippen LogP contribution in [0, 0.1) is 0 Å². The third-order valence-corrected chi connectivity index (χ3v) is 13.6. The minimum absolute atomic E-state index is 0.601. The molecule has 1 aliphatic rings. The predicted molar refractivity (Wildman–Crippen MR) is 119 cm³/mol. The number of hydrogen-bond acceptors (Lipinski definition) is 6. The van der Waals surface area contributed by atoms with Gasteiger partial charge >= 0.3 is 0 Å². The lowest BCUT2D eigenvalue weighted by Crippen LogP contribution is -2.56. The summed E-state index contributed by atoms with van der Waals surface area (Å²) in [4.78, 5) is 16.3. The van der Waals surface area contributed by atoms with Crippen molar-refractivity contribution in [2.45, 2.75) is 82.8 Å². The molecule has 0 saturated heterocycles. The largest absolute Gasteiger partial charge is 0.449 e. The molecule has 0 fully saturated rings. The Kier molecular flexibility index (Phi) is 6.67. The Labute approximate surface area is 174 Å². The van der Waals surface area contributed by atoms with Crippen LogP contribution in [-0.4, -0.2) is 40.7 Å². The molecule has 2 aromatic heterocycles. The van der Waals surface area contributed by atoms with Gasteiger partial charge in [-0.2, -0.15) is 0 Å². The SMILES string of the molecule is CSc1ncc2c(n1)CCN(Cc1cnc([Si](C(C)C)(C(C)C)C(C)C)o1)C2. The summed E-state index contributed by atoms with van der Waals surface area (Å²) in [6.45, 7) is 16.8. The van der Waals surface area contributed by atoms with Crippen molar-refractivity contribution in [1.29, 1.82) is 0 Å². The van der Waals surface area contributed by atoms with E-state index in [2.05, 4.69) is 56.4 Å².